The van der Waals surface area contributed by atoms with Crippen molar-refractivity contribution >= 4 is 15.8 Å². The molecule has 0 aliphatic heterocycles. The number of hydrogen-bond acceptors (Lipinski definition) is 4. The first-order valence-electron chi connectivity index (χ1n) is 5.92. The summed E-state index contributed by atoms with van der Waals surface area (Å²) in [5.74, 6) is -0.785. The molecule has 0 saturated heterocycles. The molecular weight excluding hydrogens is 252 g/mol. The Morgan fingerprint density at radius 2 is 1.89 bits per heavy atom. The first kappa shape index (κ1) is 14.7. The summed E-state index contributed by atoms with van der Waals surface area (Å²) in [7, 11) is -3.17. The number of benzene rings is 1. The normalized spacial score (nSPS) is 13.0. The van der Waals surface area contributed by atoms with Crippen LogP contribution >= 0.6 is 0 Å². The second kappa shape index (κ2) is 6.54. The molecule has 0 amide bonds. The SMILES string of the molecule is CCCS(=O)(=O)C[C@H](C)C(=O)Oc1ccccc1. The standard InChI is InChI=1S/C13H18O4S/c1-3-9-18(15,16)10-11(2)13(14)17-12-7-5-4-6-8-12/h4-8,11H,3,9-10H2,1-2H3/t11-/m0/s1. The summed E-state index contributed by atoms with van der Waals surface area (Å²) >= 11 is 0. The van der Waals surface area contributed by atoms with Crippen LogP contribution in [0.2, 0.25) is 0 Å². The molecule has 0 unspecified atom stereocenters. The van der Waals surface area contributed by atoms with Crippen LogP contribution in [0.15, 0.2) is 30.3 Å². The van der Waals surface area contributed by atoms with Gasteiger partial charge in [0, 0.05) is 5.75 Å². The van der Waals surface area contributed by atoms with E-state index in [0.717, 1.165) is 0 Å². The fourth-order valence-corrected chi connectivity index (χ4v) is 3.24. The molecule has 0 bridgehead atoms. The fourth-order valence-electron chi connectivity index (χ4n) is 1.55. The van der Waals surface area contributed by atoms with E-state index in [4.69, 9.17) is 4.74 Å². The van der Waals surface area contributed by atoms with Crippen molar-refractivity contribution in [1.82, 2.24) is 0 Å². The van der Waals surface area contributed by atoms with Gasteiger partial charge >= 0.3 is 5.97 Å². The van der Waals surface area contributed by atoms with E-state index in [9.17, 15) is 13.2 Å². The quantitative estimate of drug-likeness (QED) is 0.586. The van der Waals surface area contributed by atoms with Crippen LogP contribution in [0.5, 0.6) is 5.75 Å². The highest BCUT2D eigenvalue weighted by molar-refractivity contribution is 7.91. The number of carbonyl (C=O) groups excluding carboxylic acids is 1. The number of rotatable bonds is 6. The van der Waals surface area contributed by atoms with E-state index in [-0.39, 0.29) is 11.5 Å². The van der Waals surface area contributed by atoms with Gasteiger partial charge in [0.15, 0.2) is 9.84 Å². The topological polar surface area (TPSA) is 60.4 Å². The predicted octanol–water partition coefficient (Wildman–Crippen LogP) is 2.05. The molecule has 0 aliphatic carbocycles. The highest BCUT2D eigenvalue weighted by Gasteiger charge is 2.22. The molecule has 0 spiro atoms. The lowest BCUT2D eigenvalue weighted by molar-refractivity contribution is -0.137. The third-order valence-electron chi connectivity index (χ3n) is 2.38. The molecule has 1 atom stereocenters. The molecule has 5 heteroatoms. The van der Waals surface area contributed by atoms with Gasteiger partial charge < -0.3 is 4.74 Å². The Kier molecular flexibility index (Phi) is 5.34. The first-order valence-corrected chi connectivity index (χ1v) is 7.74. The molecule has 0 fully saturated rings. The van der Waals surface area contributed by atoms with E-state index in [0.29, 0.717) is 12.2 Å². The molecule has 18 heavy (non-hydrogen) atoms. The average molecular weight is 270 g/mol. The van der Waals surface area contributed by atoms with Crippen LogP contribution in [0, 0.1) is 5.92 Å². The molecule has 0 radical (unpaired) electrons. The zero-order valence-electron chi connectivity index (χ0n) is 10.6. The van der Waals surface area contributed by atoms with Crippen LogP contribution in [0.4, 0.5) is 0 Å². The van der Waals surface area contributed by atoms with Gasteiger partial charge in [0.2, 0.25) is 0 Å². The van der Waals surface area contributed by atoms with Crippen LogP contribution in [0.25, 0.3) is 0 Å². The molecule has 100 valence electrons. The summed E-state index contributed by atoms with van der Waals surface area (Å²) in [4.78, 5) is 11.7. The van der Waals surface area contributed by atoms with Crippen LogP contribution in [0.3, 0.4) is 0 Å². The number of para-hydroxylation sites is 1. The van der Waals surface area contributed by atoms with E-state index >= 15 is 0 Å². The number of ether oxygens (including phenoxy) is 1. The first-order chi connectivity index (χ1) is 8.44. The van der Waals surface area contributed by atoms with Crippen molar-refractivity contribution in [3.63, 3.8) is 0 Å². The maximum absolute atomic E-state index is 11.7. The van der Waals surface area contributed by atoms with Crippen LogP contribution < -0.4 is 4.74 Å². The van der Waals surface area contributed by atoms with Gasteiger partial charge in [-0.1, -0.05) is 32.0 Å². The molecule has 0 aromatic heterocycles. The average Bonchev–Trinajstić information content (AvgIpc) is 2.29. The van der Waals surface area contributed by atoms with Crippen LogP contribution in [-0.2, 0) is 14.6 Å². The summed E-state index contributed by atoms with van der Waals surface area (Å²) in [6, 6.07) is 8.63. The van der Waals surface area contributed by atoms with E-state index in [2.05, 4.69) is 0 Å². The lowest BCUT2D eigenvalue weighted by Gasteiger charge is -2.11. The molecule has 1 aromatic carbocycles. The van der Waals surface area contributed by atoms with E-state index in [1.165, 1.54) is 0 Å². The largest absolute Gasteiger partial charge is 0.426 e. The van der Waals surface area contributed by atoms with Crippen molar-refractivity contribution in [3.8, 4) is 5.75 Å². The molecular formula is C13H18O4S. The minimum atomic E-state index is -3.17. The smallest absolute Gasteiger partial charge is 0.315 e. The molecule has 0 saturated carbocycles. The fraction of sp³-hybridized carbons (Fsp3) is 0.462. The Morgan fingerprint density at radius 1 is 1.28 bits per heavy atom. The molecule has 0 N–H and O–H groups in total. The lowest BCUT2D eigenvalue weighted by atomic mass is 10.2. The second-order valence-corrected chi connectivity index (χ2v) is 6.48. The van der Waals surface area contributed by atoms with Crippen LogP contribution in [-0.4, -0.2) is 25.9 Å². The lowest BCUT2D eigenvalue weighted by Crippen LogP contribution is -2.26. The molecule has 1 rings (SSSR count). The minimum Gasteiger partial charge on any atom is -0.426 e. The van der Waals surface area contributed by atoms with E-state index in [1.54, 1.807) is 38.1 Å². The van der Waals surface area contributed by atoms with Gasteiger partial charge in [-0.2, -0.15) is 0 Å². The Morgan fingerprint density at radius 3 is 2.44 bits per heavy atom. The number of carbonyl (C=O) groups is 1. The van der Waals surface area contributed by atoms with Crippen molar-refractivity contribution in [2.24, 2.45) is 5.92 Å². The zero-order chi connectivity index (χ0) is 13.6. The Hall–Kier alpha value is -1.36. The minimum absolute atomic E-state index is 0.107. The van der Waals surface area contributed by atoms with Crippen molar-refractivity contribution in [2.75, 3.05) is 11.5 Å². The van der Waals surface area contributed by atoms with Gasteiger partial charge in [0.25, 0.3) is 0 Å². The molecule has 1 aromatic rings. The van der Waals surface area contributed by atoms with E-state index in [1.807, 2.05) is 6.07 Å². The van der Waals surface area contributed by atoms with Gasteiger partial charge in [-0.15, -0.1) is 0 Å². The monoisotopic (exact) mass is 270 g/mol. The summed E-state index contributed by atoms with van der Waals surface area (Å²) in [5, 5.41) is 0. The number of hydrogen-bond donors (Lipinski definition) is 0. The molecule has 4 nitrogen and oxygen atoms in total. The second-order valence-electron chi connectivity index (χ2n) is 4.25. The number of esters is 1. The Bertz CT molecular complexity index is 479. The van der Waals surface area contributed by atoms with Gasteiger partial charge in [0.05, 0.1) is 11.7 Å². The maximum atomic E-state index is 11.7. The van der Waals surface area contributed by atoms with Gasteiger partial charge in [-0.3, -0.25) is 4.79 Å². The molecule has 0 heterocycles. The summed E-state index contributed by atoms with van der Waals surface area (Å²) < 4.78 is 28.3. The third-order valence-corrected chi connectivity index (χ3v) is 4.42. The van der Waals surface area contributed by atoms with E-state index < -0.39 is 21.7 Å². The summed E-state index contributed by atoms with van der Waals surface area (Å²) in [6.07, 6.45) is 0.558. The highest BCUT2D eigenvalue weighted by Crippen LogP contribution is 2.12. The third kappa shape index (κ3) is 4.87. The predicted molar refractivity (Wildman–Crippen MR) is 70.2 cm³/mol. The maximum Gasteiger partial charge on any atom is 0.315 e. The van der Waals surface area contributed by atoms with Gasteiger partial charge in [0.1, 0.15) is 5.75 Å². The van der Waals surface area contributed by atoms with Crippen molar-refractivity contribution < 1.29 is 17.9 Å². The van der Waals surface area contributed by atoms with Crippen LogP contribution in [0.1, 0.15) is 20.3 Å². The van der Waals surface area contributed by atoms with Crippen molar-refractivity contribution in [1.29, 1.82) is 0 Å². The Labute approximate surface area is 108 Å². The van der Waals surface area contributed by atoms with Crippen molar-refractivity contribution in [3.05, 3.63) is 30.3 Å². The molecule has 0 aliphatic rings. The van der Waals surface area contributed by atoms with Gasteiger partial charge in [-0.25, -0.2) is 8.42 Å². The van der Waals surface area contributed by atoms with Crippen molar-refractivity contribution in [2.45, 2.75) is 20.3 Å². The zero-order valence-corrected chi connectivity index (χ0v) is 11.4. The highest BCUT2D eigenvalue weighted by atomic mass is 32.2. The number of sulfone groups is 1. The summed E-state index contributed by atoms with van der Waals surface area (Å²) in [5.41, 5.74) is 0. The summed E-state index contributed by atoms with van der Waals surface area (Å²) in [6.45, 7) is 3.36. The van der Waals surface area contributed by atoms with Gasteiger partial charge in [-0.05, 0) is 18.6 Å². The Balaban J connectivity index is 2.57.